The number of methoxy groups -OCH3 is 3. The number of carbonyl (C=O) groups is 1. The van der Waals surface area contributed by atoms with E-state index in [4.69, 9.17) is 18.6 Å². The van der Waals surface area contributed by atoms with E-state index in [1.807, 2.05) is 30.3 Å². The van der Waals surface area contributed by atoms with Crippen LogP contribution in [0.15, 0.2) is 52.0 Å². The Bertz CT molecular complexity index is 903. The number of ether oxygens (including phenoxy) is 3. The fourth-order valence-corrected chi connectivity index (χ4v) is 2.50. The van der Waals surface area contributed by atoms with Gasteiger partial charge in [-0.15, -0.1) is 0 Å². The van der Waals surface area contributed by atoms with Crippen molar-refractivity contribution in [1.29, 1.82) is 0 Å². The highest BCUT2D eigenvalue weighted by Crippen LogP contribution is 2.38. The van der Waals surface area contributed by atoms with E-state index in [1.165, 1.54) is 27.5 Å². The Morgan fingerprint density at radius 2 is 1.73 bits per heavy atom. The van der Waals surface area contributed by atoms with Crippen molar-refractivity contribution in [2.75, 3.05) is 21.3 Å². The Morgan fingerprint density at radius 3 is 2.35 bits per heavy atom. The minimum Gasteiger partial charge on any atom is -0.493 e. The number of furan rings is 1. The highest BCUT2D eigenvalue weighted by Gasteiger charge is 2.16. The van der Waals surface area contributed by atoms with Gasteiger partial charge in [0, 0.05) is 10.9 Å². The van der Waals surface area contributed by atoms with E-state index in [-0.39, 0.29) is 0 Å². The molecule has 3 aromatic rings. The van der Waals surface area contributed by atoms with E-state index >= 15 is 0 Å². The molecule has 0 aliphatic rings. The molecular formula is C19H18N2O5. The van der Waals surface area contributed by atoms with Crippen LogP contribution in [0.25, 0.3) is 11.0 Å². The molecule has 0 radical (unpaired) electrons. The summed E-state index contributed by atoms with van der Waals surface area (Å²) in [5.74, 6) is 1.31. The van der Waals surface area contributed by atoms with Gasteiger partial charge in [0.05, 0.1) is 27.5 Å². The first-order chi connectivity index (χ1) is 12.7. The molecule has 0 saturated heterocycles. The van der Waals surface area contributed by atoms with E-state index in [2.05, 4.69) is 10.5 Å². The maximum atomic E-state index is 12.3. The van der Waals surface area contributed by atoms with Crippen molar-refractivity contribution >= 4 is 23.1 Å². The Balaban J connectivity index is 1.77. The SMILES string of the molecule is COc1cc(C(=O)N/N=C/c2cc3ccccc3o2)cc(OC)c1OC. The van der Waals surface area contributed by atoms with Crippen LogP contribution < -0.4 is 19.6 Å². The summed E-state index contributed by atoms with van der Waals surface area (Å²) in [5.41, 5.74) is 3.53. The van der Waals surface area contributed by atoms with Crippen molar-refractivity contribution in [1.82, 2.24) is 5.43 Å². The lowest BCUT2D eigenvalue weighted by Gasteiger charge is -2.13. The van der Waals surface area contributed by atoms with E-state index in [1.54, 1.807) is 12.1 Å². The zero-order chi connectivity index (χ0) is 18.5. The zero-order valence-corrected chi connectivity index (χ0v) is 14.6. The van der Waals surface area contributed by atoms with Crippen LogP contribution in [0.2, 0.25) is 0 Å². The molecule has 134 valence electrons. The monoisotopic (exact) mass is 354 g/mol. The third-order valence-electron chi connectivity index (χ3n) is 3.73. The van der Waals surface area contributed by atoms with Crippen LogP contribution in [0, 0.1) is 0 Å². The summed E-state index contributed by atoms with van der Waals surface area (Å²) >= 11 is 0. The second-order valence-electron chi connectivity index (χ2n) is 5.30. The van der Waals surface area contributed by atoms with Crippen LogP contribution in [0.5, 0.6) is 17.2 Å². The molecular weight excluding hydrogens is 336 g/mol. The van der Waals surface area contributed by atoms with Gasteiger partial charge in [0.1, 0.15) is 11.3 Å². The summed E-state index contributed by atoms with van der Waals surface area (Å²) in [7, 11) is 4.47. The average molecular weight is 354 g/mol. The number of fused-ring (bicyclic) bond motifs is 1. The van der Waals surface area contributed by atoms with Crippen molar-refractivity contribution in [3.05, 3.63) is 53.8 Å². The van der Waals surface area contributed by atoms with Crippen molar-refractivity contribution in [2.24, 2.45) is 5.10 Å². The van der Waals surface area contributed by atoms with Gasteiger partial charge in [0.25, 0.3) is 5.91 Å². The highest BCUT2D eigenvalue weighted by atomic mass is 16.5. The molecule has 2 aromatic carbocycles. The molecule has 0 fully saturated rings. The summed E-state index contributed by atoms with van der Waals surface area (Å²) in [5, 5.41) is 4.90. The quantitative estimate of drug-likeness (QED) is 0.543. The van der Waals surface area contributed by atoms with Gasteiger partial charge in [0.2, 0.25) is 5.75 Å². The number of para-hydroxylation sites is 1. The van der Waals surface area contributed by atoms with Gasteiger partial charge < -0.3 is 18.6 Å². The number of hydrogen-bond donors (Lipinski definition) is 1. The molecule has 0 spiro atoms. The van der Waals surface area contributed by atoms with Gasteiger partial charge in [-0.25, -0.2) is 5.43 Å². The molecule has 1 heterocycles. The van der Waals surface area contributed by atoms with Crippen molar-refractivity contribution in [3.8, 4) is 17.2 Å². The number of nitrogens with one attached hydrogen (secondary N) is 1. The van der Waals surface area contributed by atoms with E-state index in [0.717, 1.165) is 11.0 Å². The summed E-state index contributed by atoms with van der Waals surface area (Å²) in [6.07, 6.45) is 1.44. The van der Waals surface area contributed by atoms with Crippen LogP contribution in [0.1, 0.15) is 16.1 Å². The first-order valence-corrected chi connectivity index (χ1v) is 7.78. The van der Waals surface area contributed by atoms with E-state index < -0.39 is 5.91 Å². The highest BCUT2D eigenvalue weighted by molar-refractivity contribution is 5.96. The molecule has 3 rings (SSSR count). The standard InChI is InChI=1S/C19H18N2O5/c1-23-16-9-13(10-17(24-2)18(16)25-3)19(22)21-20-11-14-8-12-6-4-5-7-15(12)26-14/h4-11H,1-3H3,(H,21,22)/b20-11+. The molecule has 1 amide bonds. The second kappa shape index (κ2) is 7.60. The first kappa shape index (κ1) is 17.3. The molecule has 0 bridgehead atoms. The van der Waals surface area contributed by atoms with Gasteiger partial charge in [-0.2, -0.15) is 5.10 Å². The number of hydrazone groups is 1. The van der Waals surface area contributed by atoms with E-state index in [0.29, 0.717) is 28.6 Å². The molecule has 0 aliphatic heterocycles. The van der Waals surface area contributed by atoms with Crippen molar-refractivity contribution in [3.63, 3.8) is 0 Å². The number of rotatable bonds is 6. The lowest BCUT2D eigenvalue weighted by molar-refractivity contribution is 0.0954. The van der Waals surface area contributed by atoms with Crippen molar-refractivity contribution in [2.45, 2.75) is 0 Å². The molecule has 0 aliphatic carbocycles. The molecule has 1 aromatic heterocycles. The third-order valence-corrected chi connectivity index (χ3v) is 3.73. The van der Waals surface area contributed by atoms with Crippen molar-refractivity contribution < 1.29 is 23.4 Å². The number of nitrogens with zero attached hydrogens (tertiary/aromatic N) is 1. The summed E-state index contributed by atoms with van der Waals surface area (Å²) in [6, 6.07) is 12.5. The second-order valence-corrected chi connectivity index (χ2v) is 5.30. The topological polar surface area (TPSA) is 82.3 Å². The molecule has 7 heteroatoms. The molecule has 7 nitrogen and oxygen atoms in total. The predicted molar refractivity (Wildman–Crippen MR) is 97.4 cm³/mol. The van der Waals surface area contributed by atoms with Gasteiger partial charge in [-0.05, 0) is 24.3 Å². The lowest BCUT2D eigenvalue weighted by Crippen LogP contribution is -2.18. The number of amides is 1. The van der Waals surface area contributed by atoms with Crippen LogP contribution in [0.4, 0.5) is 0 Å². The minimum absolute atomic E-state index is 0.321. The van der Waals surface area contributed by atoms with Crippen LogP contribution >= 0.6 is 0 Å². The molecule has 26 heavy (non-hydrogen) atoms. The summed E-state index contributed by atoms with van der Waals surface area (Å²) in [4.78, 5) is 12.3. The third kappa shape index (κ3) is 3.46. The van der Waals surface area contributed by atoms with Crippen LogP contribution in [0.3, 0.4) is 0 Å². The first-order valence-electron chi connectivity index (χ1n) is 7.78. The Morgan fingerprint density at radius 1 is 1.04 bits per heavy atom. The smallest absolute Gasteiger partial charge is 0.271 e. The van der Waals surface area contributed by atoms with Gasteiger partial charge in [-0.3, -0.25) is 4.79 Å². The summed E-state index contributed by atoms with van der Waals surface area (Å²) < 4.78 is 21.3. The fraction of sp³-hybridized carbons (Fsp3) is 0.158. The largest absolute Gasteiger partial charge is 0.493 e. The van der Waals surface area contributed by atoms with Gasteiger partial charge in [-0.1, -0.05) is 18.2 Å². The lowest BCUT2D eigenvalue weighted by atomic mass is 10.1. The van der Waals surface area contributed by atoms with Crippen LogP contribution in [-0.2, 0) is 0 Å². The fourth-order valence-electron chi connectivity index (χ4n) is 2.50. The molecule has 0 unspecified atom stereocenters. The Hall–Kier alpha value is -3.48. The Labute approximate surface area is 150 Å². The Kier molecular flexibility index (Phi) is 5.07. The number of hydrogen-bond acceptors (Lipinski definition) is 6. The normalized spacial score (nSPS) is 10.9. The minimum atomic E-state index is -0.420. The zero-order valence-electron chi connectivity index (χ0n) is 14.6. The maximum Gasteiger partial charge on any atom is 0.271 e. The molecule has 0 atom stereocenters. The molecule has 1 N–H and O–H groups in total. The predicted octanol–water partition coefficient (Wildman–Crippen LogP) is 3.22. The maximum absolute atomic E-state index is 12.3. The summed E-state index contributed by atoms with van der Waals surface area (Å²) in [6.45, 7) is 0. The van der Waals surface area contributed by atoms with Gasteiger partial charge in [0.15, 0.2) is 11.5 Å². The van der Waals surface area contributed by atoms with Gasteiger partial charge >= 0.3 is 0 Å². The van der Waals surface area contributed by atoms with Crippen LogP contribution in [-0.4, -0.2) is 33.5 Å². The number of carbonyl (C=O) groups excluding carboxylic acids is 1. The number of benzene rings is 2. The average Bonchev–Trinajstić information content (AvgIpc) is 3.09. The molecule has 0 saturated carbocycles. The van der Waals surface area contributed by atoms with E-state index in [9.17, 15) is 4.79 Å².